The molecule has 2 aromatic rings. The molecule has 19 heavy (non-hydrogen) atoms. The molecule has 0 aromatic carbocycles. The summed E-state index contributed by atoms with van der Waals surface area (Å²) in [6, 6.07) is 4.59. The zero-order chi connectivity index (χ0) is 13.6. The van der Waals surface area contributed by atoms with Gasteiger partial charge in [0.2, 0.25) is 0 Å². The third-order valence-corrected chi connectivity index (χ3v) is 6.36. The van der Waals surface area contributed by atoms with Crippen molar-refractivity contribution in [2.75, 3.05) is 0 Å². The van der Waals surface area contributed by atoms with E-state index in [1.807, 2.05) is 22.7 Å². The van der Waals surface area contributed by atoms with Crippen LogP contribution < -0.4 is 5.73 Å². The second kappa shape index (κ2) is 4.69. The van der Waals surface area contributed by atoms with Gasteiger partial charge in [-0.1, -0.05) is 20.8 Å². The maximum atomic E-state index is 6.16. The minimum atomic E-state index is 0.149. The van der Waals surface area contributed by atoms with E-state index in [-0.39, 0.29) is 11.5 Å². The topological polar surface area (TPSA) is 38.9 Å². The summed E-state index contributed by atoms with van der Waals surface area (Å²) in [6.45, 7) is 6.77. The molecular formula is C15H20N2S2. The van der Waals surface area contributed by atoms with Crippen molar-refractivity contribution < 1.29 is 0 Å². The molecule has 2 aromatic heterocycles. The quantitative estimate of drug-likeness (QED) is 0.840. The van der Waals surface area contributed by atoms with Crippen molar-refractivity contribution >= 4 is 22.7 Å². The standard InChI is InChI=1S/C15H20N2S2/c1-15(2,3)12-8-7-11(18-12)14-17-13-9(16)5-4-6-10(13)19-14/h7-9H,4-6,16H2,1-3H3. The first-order valence-electron chi connectivity index (χ1n) is 6.81. The van der Waals surface area contributed by atoms with Crippen molar-refractivity contribution in [3.8, 4) is 9.88 Å². The smallest absolute Gasteiger partial charge is 0.133 e. The molecule has 2 heterocycles. The van der Waals surface area contributed by atoms with Gasteiger partial charge in [-0.3, -0.25) is 0 Å². The number of hydrogen-bond donors (Lipinski definition) is 1. The van der Waals surface area contributed by atoms with E-state index in [2.05, 4.69) is 32.9 Å². The lowest BCUT2D eigenvalue weighted by atomic mass is 9.95. The number of hydrogen-bond acceptors (Lipinski definition) is 4. The van der Waals surface area contributed by atoms with Gasteiger partial charge in [-0.15, -0.1) is 22.7 Å². The Morgan fingerprint density at radius 2 is 2.05 bits per heavy atom. The highest BCUT2D eigenvalue weighted by atomic mass is 32.1. The molecule has 3 rings (SSSR count). The lowest BCUT2D eigenvalue weighted by Gasteiger charge is -2.15. The maximum Gasteiger partial charge on any atom is 0.133 e. The van der Waals surface area contributed by atoms with Gasteiger partial charge in [0.1, 0.15) is 5.01 Å². The van der Waals surface area contributed by atoms with Gasteiger partial charge < -0.3 is 5.73 Å². The molecule has 1 aliphatic rings. The van der Waals surface area contributed by atoms with Crippen LogP contribution in [0.4, 0.5) is 0 Å². The summed E-state index contributed by atoms with van der Waals surface area (Å²) in [7, 11) is 0. The number of nitrogens with zero attached hydrogens (tertiary/aromatic N) is 1. The van der Waals surface area contributed by atoms with E-state index >= 15 is 0 Å². The number of nitrogens with two attached hydrogens (primary N) is 1. The summed E-state index contributed by atoms with van der Waals surface area (Å²) < 4.78 is 0. The fourth-order valence-corrected chi connectivity index (χ4v) is 4.71. The lowest BCUT2D eigenvalue weighted by molar-refractivity contribution is 0.564. The van der Waals surface area contributed by atoms with Gasteiger partial charge in [0.15, 0.2) is 0 Å². The van der Waals surface area contributed by atoms with Crippen molar-refractivity contribution in [2.24, 2.45) is 5.73 Å². The molecule has 0 fully saturated rings. The highest BCUT2D eigenvalue weighted by molar-refractivity contribution is 7.22. The Morgan fingerprint density at radius 1 is 1.26 bits per heavy atom. The second-order valence-electron chi connectivity index (χ2n) is 6.24. The lowest BCUT2D eigenvalue weighted by Crippen LogP contribution is -2.16. The summed E-state index contributed by atoms with van der Waals surface area (Å²) in [5.74, 6) is 0. The van der Waals surface area contributed by atoms with Crippen molar-refractivity contribution in [2.45, 2.75) is 51.5 Å². The van der Waals surface area contributed by atoms with Crippen molar-refractivity contribution in [1.29, 1.82) is 0 Å². The minimum Gasteiger partial charge on any atom is -0.323 e. The van der Waals surface area contributed by atoms with Crippen molar-refractivity contribution in [3.63, 3.8) is 0 Å². The van der Waals surface area contributed by atoms with Crippen LogP contribution in [0.2, 0.25) is 0 Å². The first-order valence-corrected chi connectivity index (χ1v) is 8.44. The largest absolute Gasteiger partial charge is 0.323 e. The number of fused-ring (bicyclic) bond motifs is 1. The molecule has 1 unspecified atom stereocenters. The van der Waals surface area contributed by atoms with Crippen LogP contribution in [0.3, 0.4) is 0 Å². The summed E-state index contributed by atoms with van der Waals surface area (Å²) in [4.78, 5) is 8.91. The summed E-state index contributed by atoms with van der Waals surface area (Å²) in [6.07, 6.45) is 3.43. The Morgan fingerprint density at radius 3 is 2.68 bits per heavy atom. The molecule has 1 aliphatic carbocycles. The van der Waals surface area contributed by atoms with Gasteiger partial charge in [-0.2, -0.15) is 0 Å². The fourth-order valence-electron chi connectivity index (χ4n) is 2.41. The van der Waals surface area contributed by atoms with Crippen LogP contribution in [0, 0.1) is 0 Å². The predicted octanol–water partition coefficient (Wildman–Crippen LogP) is 4.51. The number of aryl methyl sites for hydroxylation is 1. The number of thiazole rings is 1. The molecule has 2 nitrogen and oxygen atoms in total. The van der Waals surface area contributed by atoms with Crippen LogP contribution >= 0.6 is 22.7 Å². The van der Waals surface area contributed by atoms with E-state index in [0.29, 0.717) is 0 Å². The summed E-state index contributed by atoms with van der Waals surface area (Å²) in [5.41, 5.74) is 7.53. The molecule has 0 amide bonds. The van der Waals surface area contributed by atoms with Crippen LogP contribution in [-0.2, 0) is 11.8 Å². The average molecular weight is 292 g/mol. The van der Waals surface area contributed by atoms with Crippen LogP contribution in [0.15, 0.2) is 12.1 Å². The van der Waals surface area contributed by atoms with Crippen LogP contribution in [0.25, 0.3) is 9.88 Å². The molecule has 2 N–H and O–H groups in total. The molecule has 0 saturated carbocycles. The first-order chi connectivity index (χ1) is 8.95. The van der Waals surface area contributed by atoms with Gasteiger partial charge in [0.25, 0.3) is 0 Å². The summed E-state index contributed by atoms with van der Waals surface area (Å²) >= 11 is 3.70. The van der Waals surface area contributed by atoms with Crippen LogP contribution in [0.1, 0.15) is 55.1 Å². The van der Waals surface area contributed by atoms with Gasteiger partial charge in [-0.25, -0.2) is 4.98 Å². The van der Waals surface area contributed by atoms with E-state index in [1.165, 1.54) is 21.1 Å². The van der Waals surface area contributed by atoms with Gasteiger partial charge >= 0.3 is 0 Å². The third kappa shape index (κ3) is 2.49. The fraction of sp³-hybridized carbons (Fsp3) is 0.533. The highest BCUT2D eigenvalue weighted by Gasteiger charge is 2.23. The van der Waals surface area contributed by atoms with E-state index in [0.717, 1.165) is 23.5 Å². The molecule has 0 radical (unpaired) electrons. The third-order valence-electron chi connectivity index (χ3n) is 3.55. The maximum absolute atomic E-state index is 6.16. The molecule has 0 spiro atoms. The Labute approximate surface area is 122 Å². The number of thiophene rings is 1. The van der Waals surface area contributed by atoms with E-state index in [4.69, 9.17) is 10.7 Å². The van der Waals surface area contributed by atoms with E-state index in [1.54, 1.807) is 0 Å². The van der Waals surface area contributed by atoms with Gasteiger partial charge in [-0.05, 0) is 36.8 Å². The van der Waals surface area contributed by atoms with Gasteiger partial charge in [0.05, 0.1) is 10.6 Å². The first kappa shape index (κ1) is 13.3. The van der Waals surface area contributed by atoms with Crippen molar-refractivity contribution in [1.82, 2.24) is 4.98 Å². The van der Waals surface area contributed by atoms with Crippen molar-refractivity contribution in [3.05, 3.63) is 27.6 Å². The number of rotatable bonds is 1. The van der Waals surface area contributed by atoms with E-state index in [9.17, 15) is 0 Å². The van der Waals surface area contributed by atoms with Gasteiger partial charge in [0, 0.05) is 15.8 Å². The predicted molar refractivity (Wildman–Crippen MR) is 84.0 cm³/mol. The molecule has 0 bridgehead atoms. The minimum absolute atomic E-state index is 0.149. The molecule has 0 aliphatic heterocycles. The monoisotopic (exact) mass is 292 g/mol. The van der Waals surface area contributed by atoms with Crippen LogP contribution in [0.5, 0.6) is 0 Å². The second-order valence-corrected chi connectivity index (χ2v) is 8.41. The normalized spacial score (nSPS) is 19.5. The Hall–Kier alpha value is -0.710. The SMILES string of the molecule is CC(C)(C)c1ccc(-c2nc3c(s2)CCCC3N)s1. The summed E-state index contributed by atoms with van der Waals surface area (Å²) in [5, 5.41) is 1.16. The highest BCUT2D eigenvalue weighted by Crippen LogP contribution is 2.40. The molecule has 4 heteroatoms. The number of aromatic nitrogens is 1. The zero-order valence-electron chi connectivity index (χ0n) is 11.7. The average Bonchev–Trinajstić information content (AvgIpc) is 2.94. The molecule has 0 saturated heterocycles. The van der Waals surface area contributed by atoms with Crippen LogP contribution in [-0.4, -0.2) is 4.98 Å². The Balaban J connectivity index is 1.97. The molecule has 1 atom stereocenters. The molecule has 102 valence electrons. The zero-order valence-corrected chi connectivity index (χ0v) is 13.3. The van der Waals surface area contributed by atoms with E-state index < -0.39 is 0 Å². The Kier molecular flexibility index (Phi) is 3.28. The Bertz CT molecular complexity index is 590. The molecular weight excluding hydrogens is 272 g/mol.